The third-order valence-electron chi connectivity index (χ3n) is 8.96. The maximum atomic E-state index is 5.18. The summed E-state index contributed by atoms with van der Waals surface area (Å²) in [6.07, 6.45) is 3.65. The van der Waals surface area contributed by atoms with Gasteiger partial charge in [0.2, 0.25) is 0 Å². The van der Waals surface area contributed by atoms with Crippen molar-refractivity contribution < 1.29 is 0 Å². The van der Waals surface area contributed by atoms with Crippen LogP contribution in [0.5, 0.6) is 0 Å². The highest BCUT2D eigenvalue weighted by Crippen LogP contribution is 2.36. The highest BCUT2D eigenvalue weighted by molar-refractivity contribution is 5.96. The number of benzene rings is 5. The lowest BCUT2D eigenvalue weighted by Gasteiger charge is -2.10. The highest BCUT2D eigenvalue weighted by Gasteiger charge is 2.17. The molecule has 0 unspecified atom stereocenters. The molecule has 0 aliphatic heterocycles. The largest absolute Gasteiger partial charge is 0.256 e. The Labute approximate surface area is 295 Å². The molecular weight excluding hydrogens is 625 g/mol. The molecule has 0 saturated carbocycles. The molecule has 0 N–H and O–H groups in total. The molecule has 4 heterocycles. The molecule has 0 bridgehead atoms. The standard InChI is InChI=1S/C45H30N6/c1-3-13-31(14-4-1)42-29-38(30-43(48-42)32-15-5-2-6-16-32)51-49-44-28-37(33-17-11-19-35(25-33)40-21-7-9-23-46-40)27-39(45(44)50-51)34-18-12-20-36(26-34)41-22-8-10-24-47-41/h1-30H. The first-order valence-corrected chi connectivity index (χ1v) is 16.8. The monoisotopic (exact) mass is 654 g/mol. The van der Waals surface area contributed by atoms with Crippen LogP contribution in [0.4, 0.5) is 0 Å². The Bertz CT molecular complexity index is 2560. The van der Waals surface area contributed by atoms with Crippen molar-refractivity contribution in [3.8, 4) is 73.0 Å². The molecular formula is C45H30N6. The van der Waals surface area contributed by atoms with Crippen LogP contribution in [0.25, 0.3) is 84.0 Å². The van der Waals surface area contributed by atoms with Gasteiger partial charge in [0.05, 0.1) is 28.5 Å². The molecule has 0 radical (unpaired) electrons. The summed E-state index contributed by atoms with van der Waals surface area (Å²) < 4.78 is 0. The summed E-state index contributed by atoms with van der Waals surface area (Å²) in [5, 5.41) is 10.3. The second-order valence-corrected chi connectivity index (χ2v) is 12.3. The van der Waals surface area contributed by atoms with Gasteiger partial charge in [-0.05, 0) is 77.4 Å². The average Bonchev–Trinajstić information content (AvgIpc) is 3.66. The van der Waals surface area contributed by atoms with Crippen molar-refractivity contribution >= 4 is 11.0 Å². The molecule has 0 fully saturated rings. The summed E-state index contributed by atoms with van der Waals surface area (Å²) in [6.45, 7) is 0. The molecule has 6 heteroatoms. The number of aromatic nitrogens is 6. The maximum Gasteiger partial charge on any atom is 0.121 e. The maximum absolute atomic E-state index is 5.18. The zero-order chi connectivity index (χ0) is 34.0. The predicted octanol–water partition coefficient (Wildman–Crippen LogP) is 10.6. The van der Waals surface area contributed by atoms with Gasteiger partial charge in [-0.3, -0.25) is 9.97 Å². The van der Waals surface area contributed by atoms with Gasteiger partial charge in [0.25, 0.3) is 0 Å². The molecule has 0 spiro atoms. The van der Waals surface area contributed by atoms with Gasteiger partial charge in [-0.2, -0.15) is 4.80 Å². The fraction of sp³-hybridized carbons (Fsp3) is 0. The van der Waals surface area contributed by atoms with Crippen molar-refractivity contribution in [3.63, 3.8) is 0 Å². The van der Waals surface area contributed by atoms with Crippen LogP contribution in [0, 0.1) is 0 Å². The van der Waals surface area contributed by atoms with Crippen LogP contribution >= 0.6 is 0 Å². The molecule has 6 nitrogen and oxygen atoms in total. The van der Waals surface area contributed by atoms with Gasteiger partial charge in [-0.1, -0.05) is 109 Å². The van der Waals surface area contributed by atoms with Gasteiger partial charge in [0.15, 0.2) is 0 Å². The zero-order valence-electron chi connectivity index (χ0n) is 27.5. The molecule has 0 aliphatic carbocycles. The van der Waals surface area contributed by atoms with Crippen molar-refractivity contribution in [1.29, 1.82) is 0 Å². The minimum Gasteiger partial charge on any atom is -0.256 e. The fourth-order valence-corrected chi connectivity index (χ4v) is 6.44. The van der Waals surface area contributed by atoms with Gasteiger partial charge in [-0.15, -0.1) is 10.2 Å². The van der Waals surface area contributed by atoms with E-state index in [-0.39, 0.29) is 0 Å². The molecule has 0 aliphatic rings. The number of hydrogen-bond donors (Lipinski definition) is 0. The van der Waals surface area contributed by atoms with Crippen LogP contribution < -0.4 is 0 Å². The van der Waals surface area contributed by atoms with Crippen molar-refractivity contribution in [2.75, 3.05) is 0 Å². The fourth-order valence-electron chi connectivity index (χ4n) is 6.44. The molecule has 9 aromatic rings. The average molecular weight is 655 g/mol. The van der Waals surface area contributed by atoms with Gasteiger partial charge >= 0.3 is 0 Å². The Kier molecular flexibility index (Phi) is 7.72. The number of pyridine rings is 3. The van der Waals surface area contributed by atoms with Crippen molar-refractivity contribution in [2.45, 2.75) is 0 Å². The van der Waals surface area contributed by atoms with E-state index in [0.717, 1.165) is 84.0 Å². The molecule has 240 valence electrons. The SMILES string of the molecule is c1ccc(-c2cc(-n3nc4cc(-c5cccc(-c6ccccn6)c5)cc(-c5cccc(-c6ccccn6)c5)c4n3)cc(-c3ccccc3)n2)cc1. The summed E-state index contributed by atoms with van der Waals surface area (Å²) in [5.74, 6) is 0. The van der Waals surface area contributed by atoms with E-state index in [9.17, 15) is 0 Å². The Morgan fingerprint density at radius 1 is 0.353 bits per heavy atom. The quantitative estimate of drug-likeness (QED) is 0.171. The first-order chi connectivity index (χ1) is 25.2. The normalized spacial score (nSPS) is 11.1. The van der Waals surface area contributed by atoms with Crippen molar-refractivity contribution in [1.82, 2.24) is 29.9 Å². The van der Waals surface area contributed by atoms with E-state index < -0.39 is 0 Å². The smallest absolute Gasteiger partial charge is 0.121 e. The highest BCUT2D eigenvalue weighted by atomic mass is 15.5. The van der Waals surface area contributed by atoms with Gasteiger partial charge < -0.3 is 0 Å². The van der Waals surface area contributed by atoms with Crippen LogP contribution in [0.3, 0.4) is 0 Å². The third kappa shape index (κ3) is 6.07. The lowest BCUT2D eigenvalue weighted by atomic mass is 9.95. The molecule has 5 aromatic carbocycles. The Balaban J connectivity index is 1.24. The van der Waals surface area contributed by atoms with E-state index in [1.54, 1.807) is 4.80 Å². The summed E-state index contributed by atoms with van der Waals surface area (Å²) in [6, 6.07) is 57.8. The Morgan fingerprint density at radius 3 is 1.47 bits per heavy atom. The molecule has 9 rings (SSSR count). The third-order valence-corrected chi connectivity index (χ3v) is 8.96. The molecule has 51 heavy (non-hydrogen) atoms. The lowest BCUT2D eigenvalue weighted by Crippen LogP contribution is -2.01. The zero-order valence-corrected chi connectivity index (χ0v) is 27.5. The topological polar surface area (TPSA) is 69.4 Å². The van der Waals surface area contributed by atoms with Crippen molar-refractivity contribution in [3.05, 3.63) is 182 Å². The minimum absolute atomic E-state index is 0.785. The molecule has 0 saturated heterocycles. The van der Waals surface area contributed by atoms with Crippen LogP contribution in [-0.2, 0) is 0 Å². The second kappa shape index (κ2) is 13.1. The van der Waals surface area contributed by atoms with E-state index in [0.29, 0.717) is 0 Å². The van der Waals surface area contributed by atoms with Gasteiger partial charge in [0.1, 0.15) is 11.0 Å². The number of nitrogens with zero attached hydrogens (tertiary/aromatic N) is 6. The lowest BCUT2D eigenvalue weighted by molar-refractivity contribution is 0.765. The number of hydrogen-bond acceptors (Lipinski definition) is 5. The molecule has 0 amide bonds. The Hall–Kier alpha value is -7.05. The van der Waals surface area contributed by atoms with Crippen LogP contribution in [0.1, 0.15) is 0 Å². The van der Waals surface area contributed by atoms with E-state index in [1.807, 2.05) is 85.2 Å². The summed E-state index contributed by atoms with van der Waals surface area (Å²) in [7, 11) is 0. The Morgan fingerprint density at radius 2 is 0.882 bits per heavy atom. The van der Waals surface area contributed by atoms with Gasteiger partial charge in [-0.25, -0.2) is 4.98 Å². The van der Waals surface area contributed by atoms with Gasteiger partial charge in [0, 0.05) is 40.2 Å². The van der Waals surface area contributed by atoms with E-state index in [2.05, 4.69) is 107 Å². The van der Waals surface area contributed by atoms with E-state index in [4.69, 9.17) is 15.2 Å². The first-order valence-electron chi connectivity index (χ1n) is 16.8. The summed E-state index contributed by atoms with van der Waals surface area (Å²) >= 11 is 0. The first kappa shape index (κ1) is 30.0. The van der Waals surface area contributed by atoms with Crippen LogP contribution in [-0.4, -0.2) is 29.9 Å². The van der Waals surface area contributed by atoms with E-state index in [1.165, 1.54) is 0 Å². The number of fused-ring (bicyclic) bond motifs is 1. The van der Waals surface area contributed by atoms with Crippen molar-refractivity contribution in [2.24, 2.45) is 0 Å². The number of rotatable bonds is 7. The minimum atomic E-state index is 0.785. The van der Waals surface area contributed by atoms with E-state index >= 15 is 0 Å². The summed E-state index contributed by atoms with van der Waals surface area (Å²) in [4.78, 5) is 16.0. The van der Waals surface area contributed by atoms with Crippen LogP contribution in [0.15, 0.2) is 182 Å². The van der Waals surface area contributed by atoms with Crippen LogP contribution in [0.2, 0.25) is 0 Å². The second-order valence-electron chi connectivity index (χ2n) is 12.3. The molecule has 0 atom stereocenters. The summed E-state index contributed by atoms with van der Waals surface area (Å²) in [5.41, 5.74) is 14.2. The molecule has 4 aromatic heterocycles. The predicted molar refractivity (Wildman–Crippen MR) is 205 cm³/mol.